The Morgan fingerprint density at radius 2 is 0.895 bits per heavy atom. The summed E-state index contributed by atoms with van der Waals surface area (Å²) in [5.41, 5.74) is 0. The molecule has 0 aromatic heterocycles. The number of hydrogen-bond donors (Lipinski definition) is 10. The van der Waals surface area contributed by atoms with Gasteiger partial charge in [0.15, 0.2) is 25.2 Å². The highest BCUT2D eigenvalue weighted by molar-refractivity contribution is 5.66. The fourth-order valence-electron chi connectivity index (χ4n) is 7.69. The van der Waals surface area contributed by atoms with Crippen molar-refractivity contribution < 1.29 is 93.8 Å². The maximum absolute atomic E-state index is 11.5. The van der Waals surface area contributed by atoms with Crippen molar-refractivity contribution >= 4 is 5.97 Å². The van der Waals surface area contributed by atoms with Gasteiger partial charge in [-0.3, -0.25) is 4.79 Å². The Morgan fingerprint density at radius 1 is 0.474 bits per heavy atom. The van der Waals surface area contributed by atoms with Crippen LogP contribution in [0.25, 0.3) is 0 Å². The van der Waals surface area contributed by atoms with Crippen molar-refractivity contribution in [2.45, 2.75) is 234 Å². The zero-order valence-electron chi connectivity index (χ0n) is 33.5. The summed E-state index contributed by atoms with van der Waals surface area (Å²) in [6.45, 7) is 7.93. The minimum Gasteiger partial charge on any atom is -0.481 e. The SMILES string of the molecule is CCC[C@@H](CCCCCCCCCC(=O)O)O[C@@H]1O[C@H](C)[C@@H](O)[C@H](O)[C@H]1O[C@@H]1O[C@H](C)[C@@H](O)[C@H](O[C@@H]2O[C@H](C)[C@@H](O)[C@H](O)[C@H]2O)[C@H]1O[C@@H]1O[C@@H](C)[C@H](O)[C@@H](O)[C@H]1O. The van der Waals surface area contributed by atoms with Gasteiger partial charge in [-0.25, -0.2) is 0 Å². The molecule has 4 heterocycles. The van der Waals surface area contributed by atoms with Gasteiger partial charge in [0.05, 0.1) is 30.5 Å². The molecule has 19 heteroatoms. The predicted molar refractivity (Wildman–Crippen MR) is 195 cm³/mol. The molecule has 4 fully saturated rings. The van der Waals surface area contributed by atoms with Crippen molar-refractivity contribution in [2.24, 2.45) is 0 Å². The first kappa shape index (κ1) is 48.5. The van der Waals surface area contributed by atoms with Crippen LogP contribution in [0, 0.1) is 0 Å². The zero-order valence-corrected chi connectivity index (χ0v) is 33.5. The average Bonchev–Trinajstić information content (AvgIpc) is 3.16. The van der Waals surface area contributed by atoms with E-state index in [1.165, 1.54) is 20.8 Å². The van der Waals surface area contributed by atoms with Crippen LogP contribution in [0.3, 0.4) is 0 Å². The summed E-state index contributed by atoms with van der Waals surface area (Å²) in [5, 5.41) is 106. The summed E-state index contributed by atoms with van der Waals surface area (Å²) < 4.78 is 48.5. The third-order valence-corrected chi connectivity index (χ3v) is 11.4. The van der Waals surface area contributed by atoms with Gasteiger partial charge in [-0.05, 0) is 47.0 Å². The molecule has 57 heavy (non-hydrogen) atoms. The van der Waals surface area contributed by atoms with E-state index in [1.54, 1.807) is 6.92 Å². The maximum Gasteiger partial charge on any atom is 0.303 e. The number of unbranched alkanes of at least 4 members (excludes halogenated alkanes) is 6. The number of carbonyl (C=O) groups is 1. The molecule has 4 rings (SSSR count). The van der Waals surface area contributed by atoms with E-state index in [9.17, 15) is 50.8 Å². The standard InChI is InChI=1S/C38H68O19/c1-6-14-21(15-12-10-8-7-9-11-13-16-22(39)40)54-37-33(29(47)25(43)19(4)52-37)56-38-34(57-36-31(49)28(46)24(42)18(3)51-36)32(26(44)20(5)53-38)55-35-30(48)27(45)23(41)17(2)50-35/h17-21,23-38,41-49H,6-16H2,1-5H3,(H,39,40)/t17-,18+,19-,20-,21+,23-,24+,25-,26-,27+,28-,29+,30-,31-,32+,33-,34-,35+,36+,37+,38+/m1/s1. The summed E-state index contributed by atoms with van der Waals surface area (Å²) >= 11 is 0. The maximum atomic E-state index is 11.5. The summed E-state index contributed by atoms with van der Waals surface area (Å²) in [5.74, 6) is -0.788. The summed E-state index contributed by atoms with van der Waals surface area (Å²) in [7, 11) is 0. The van der Waals surface area contributed by atoms with E-state index in [0.29, 0.717) is 19.3 Å². The first-order chi connectivity index (χ1) is 27.0. The highest BCUT2D eigenvalue weighted by Crippen LogP contribution is 2.36. The van der Waals surface area contributed by atoms with Gasteiger partial charge >= 0.3 is 5.97 Å². The number of ether oxygens (including phenoxy) is 8. The van der Waals surface area contributed by atoms with Crippen molar-refractivity contribution in [1.29, 1.82) is 0 Å². The van der Waals surface area contributed by atoms with Crippen LogP contribution >= 0.6 is 0 Å². The Balaban J connectivity index is 1.55. The molecule has 0 saturated carbocycles. The van der Waals surface area contributed by atoms with E-state index >= 15 is 0 Å². The number of hydrogen-bond acceptors (Lipinski definition) is 18. The normalized spacial score (nSPS) is 44.8. The van der Waals surface area contributed by atoms with Gasteiger partial charge in [0.25, 0.3) is 0 Å². The Bertz CT molecular complexity index is 1190. The van der Waals surface area contributed by atoms with Crippen LogP contribution in [0.2, 0.25) is 0 Å². The number of carboxylic acid groups (broad SMARTS) is 1. The summed E-state index contributed by atoms with van der Waals surface area (Å²) in [4.78, 5) is 10.7. The molecule has 4 aliphatic heterocycles. The van der Waals surface area contributed by atoms with E-state index in [-0.39, 0.29) is 12.5 Å². The predicted octanol–water partition coefficient (Wildman–Crippen LogP) is -0.850. The van der Waals surface area contributed by atoms with E-state index in [0.717, 1.165) is 44.9 Å². The highest BCUT2D eigenvalue weighted by atomic mass is 16.8. The Labute approximate surface area is 333 Å². The minimum absolute atomic E-state index is 0.173. The lowest BCUT2D eigenvalue weighted by Gasteiger charge is -2.50. The molecule has 4 aliphatic rings. The molecule has 0 aromatic rings. The molecular formula is C38H68O19. The lowest BCUT2D eigenvalue weighted by atomic mass is 9.96. The highest BCUT2D eigenvalue weighted by Gasteiger charge is 2.55. The molecule has 0 aromatic carbocycles. The summed E-state index contributed by atoms with van der Waals surface area (Å²) in [6, 6.07) is 0. The molecule has 0 bridgehead atoms. The van der Waals surface area contributed by atoms with E-state index in [1.807, 2.05) is 6.92 Å². The van der Waals surface area contributed by atoms with Crippen LogP contribution in [-0.4, -0.2) is 186 Å². The Hall–Kier alpha value is -1.21. The molecule has 0 unspecified atom stereocenters. The third-order valence-electron chi connectivity index (χ3n) is 11.4. The molecule has 0 radical (unpaired) electrons. The van der Waals surface area contributed by atoms with Gasteiger partial charge in [0.1, 0.15) is 73.2 Å². The first-order valence-electron chi connectivity index (χ1n) is 20.5. The first-order valence-corrected chi connectivity index (χ1v) is 20.5. The second-order valence-electron chi connectivity index (χ2n) is 16.0. The van der Waals surface area contributed by atoms with Crippen LogP contribution in [-0.2, 0) is 42.7 Å². The molecule has 0 aliphatic carbocycles. The average molecular weight is 829 g/mol. The fourth-order valence-corrected chi connectivity index (χ4v) is 7.69. The van der Waals surface area contributed by atoms with Crippen molar-refractivity contribution in [1.82, 2.24) is 0 Å². The van der Waals surface area contributed by atoms with Crippen LogP contribution in [0.1, 0.15) is 105 Å². The molecule has 21 atom stereocenters. The van der Waals surface area contributed by atoms with Gasteiger partial charge in [-0.15, -0.1) is 0 Å². The number of rotatable bonds is 20. The molecule has 10 N–H and O–H groups in total. The topological polar surface area (TPSA) is 293 Å². The molecule has 4 saturated heterocycles. The monoisotopic (exact) mass is 828 g/mol. The smallest absolute Gasteiger partial charge is 0.303 e. The van der Waals surface area contributed by atoms with Crippen molar-refractivity contribution in [3.8, 4) is 0 Å². The number of aliphatic carboxylic acids is 1. The van der Waals surface area contributed by atoms with Crippen LogP contribution < -0.4 is 0 Å². The molecule has 334 valence electrons. The minimum atomic E-state index is -1.82. The summed E-state index contributed by atoms with van der Waals surface area (Å²) in [6.07, 6.45) is -21.2. The van der Waals surface area contributed by atoms with E-state index in [4.69, 9.17) is 43.0 Å². The van der Waals surface area contributed by atoms with E-state index in [2.05, 4.69) is 0 Å². The Morgan fingerprint density at radius 3 is 1.42 bits per heavy atom. The van der Waals surface area contributed by atoms with Crippen molar-refractivity contribution in [3.05, 3.63) is 0 Å². The lowest BCUT2D eigenvalue weighted by molar-refractivity contribution is -0.406. The molecule has 0 amide bonds. The number of aliphatic hydroxyl groups is 9. The lowest BCUT2D eigenvalue weighted by Crippen LogP contribution is -2.67. The third kappa shape index (κ3) is 12.7. The van der Waals surface area contributed by atoms with Crippen LogP contribution in [0.15, 0.2) is 0 Å². The quantitative estimate of drug-likeness (QED) is 0.0669. The van der Waals surface area contributed by atoms with Crippen molar-refractivity contribution in [2.75, 3.05) is 0 Å². The van der Waals surface area contributed by atoms with Gasteiger partial charge in [0, 0.05) is 6.42 Å². The molecule has 19 nitrogen and oxygen atoms in total. The second kappa shape index (κ2) is 22.6. The van der Waals surface area contributed by atoms with Gasteiger partial charge in [-0.2, -0.15) is 0 Å². The fraction of sp³-hybridized carbons (Fsp3) is 0.974. The molecule has 0 spiro atoms. The van der Waals surface area contributed by atoms with Crippen LogP contribution in [0.5, 0.6) is 0 Å². The van der Waals surface area contributed by atoms with Gasteiger partial charge < -0.3 is 89.0 Å². The van der Waals surface area contributed by atoms with Gasteiger partial charge in [-0.1, -0.05) is 51.9 Å². The number of carboxylic acids is 1. The zero-order chi connectivity index (χ0) is 42.1. The molecular weight excluding hydrogens is 760 g/mol. The largest absolute Gasteiger partial charge is 0.481 e. The number of aliphatic hydroxyl groups excluding tert-OH is 9. The Kier molecular flexibility index (Phi) is 19.2. The van der Waals surface area contributed by atoms with E-state index < -0.39 is 129 Å². The van der Waals surface area contributed by atoms with Crippen molar-refractivity contribution in [3.63, 3.8) is 0 Å². The van der Waals surface area contributed by atoms with Gasteiger partial charge in [0.2, 0.25) is 0 Å². The van der Waals surface area contributed by atoms with Crippen LogP contribution in [0.4, 0.5) is 0 Å². The second-order valence-corrected chi connectivity index (χ2v) is 16.0.